The van der Waals surface area contributed by atoms with Crippen molar-refractivity contribution in [3.8, 4) is 0 Å². The molecule has 2 amide bonds. The van der Waals surface area contributed by atoms with Crippen LogP contribution in [0.15, 0.2) is 18.2 Å². The number of urea groups is 1. The zero-order valence-electron chi connectivity index (χ0n) is 11.1. The Morgan fingerprint density at radius 2 is 2.24 bits per heavy atom. The minimum Gasteiger partial charge on any atom is -0.478 e. The molecule has 1 aliphatic rings. The first-order valence-electron chi connectivity index (χ1n) is 6.32. The summed E-state index contributed by atoms with van der Waals surface area (Å²) >= 11 is 0. The van der Waals surface area contributed by atoms with Crippen LogP contribution in [0.4, 0.5) is 14.9 Å². The summed E-state index contributed by atoms with van der Waals surface area (Å²) in [5, 5.41) is 20.6. The van der Waals surface area contributed by atoms with Crippen molar-refractivity contribution in [2.45, 2.75) is 6.04 Å². The van der Waals surface area contributed by atoms with Gasteiger partial charge in [0, 0.05) is 6.54 Å². The van der Waals surface area contributed by atoms with Gasteiger partial charge in [0.05, 0.1) is 37.1 Å². The van der Waals surface area contributed by atoms with Crippen LogP contribution in [-0.4, -0.2) is 59.5 Å². The number of amides is 2. The maximum absolute atomic E-state index is 13.2. The molecule has 1 saturated heterocycles. The van der Waals surface area contributed by atoms with Crippen molar-refractivity contribution in [3.05, 3.63) is 29.6 Å². The fourth-order valence-corrected chi connectivity index (χ4v) is 2.07. The molecule has 0 bridgehead atoms. The van der Waals surface area contributed by atoms with Crippen molar-refractivity contribution in [1.29, 1.82) is 0 Å². The molecule has 1 aromatic rings. The van der Waals surface area contributed by atoms with E-state index in [2.05, 4.69) is 5.32 Å². The Morgan fingerprint density at radius 1 is 1.48 bits per heavy atom. The van der Waals surface area contributed by atoms with Crippen LogP contribution in [0, 0.1) is 5.82 Å². The van der Waals surface area contributed by atoms with E-state index in [0.29, 0.717) is 6.61 Å². The summed E-state index contributed by atoms with van der Waals surface area (Å²) in [6, 6.07) is 1.90. The van der Waals surface area contributed by atoms with E-state index in [1.54, 1.807) is 0 Å². The summed E-state index contributed by atoms with van der Waals surface area (Å²) in [5.74, 6) is -1.93. The van der Waals surface area contributed by atoms with E-state index in [4.69, 9.17) is 9.84 Å². The van der Waals surface area contributed by atoms with Crippen LogP contribution in [0.1, 0.15) is 10.4 Å². The Morgan fingerprint density at radius 3 is 2.90 bits per heavy atom. The molecule has 1 aromatic carbocycles. The summed E-state index contributed by atoms with van der Waals surface area (Å²) in [7, 11) is 0. The van der Waals surface area contributed by atoms with E-state index < -0.39 is 23.9 Å². The first kappa shape index (κ1) is 15.2. The van der Waals surface area contributed by atoms with Crippen LogP contribution in [-0.2, 0) is 4.74 Å². The maximum Gasteiger partial charge on any atom is 0.337 e. The summed E-state index contributed by atoms with van der Waals surface area (Å²) in [6.07, 6.45) is 0. The molecule has 0 aliphatic carbocycles. The number of hydrogen-bond donors (Lipinski definition) is 3. The number of hydrogen-bond acceptors (Lipinski definition) is 4. The van der Waals surface area contributed by atoms with Gasteiger partial charge in [0.15, 0.2) is 0 Å². The van der Waals surface area contributed by atoms with Gasteiger partial charge in [-0.3, -0.25) is 0 Å². The first-order valence-corrected chi connectivity index (χ1v) is 6.32. The van der Waals surface area contributed by atoms with Crippen LogP contribution in [0.25, 0.3) is 0 Å². The predicted octanol–water partition coefficient (Wildman–Crippen LogP) is 0.749. The van der Waals surface area contributed by atoms with Crippen LogP contribution in [0.2, 0.25) is 0 Å². The van der Waals surface area contributed by atoms with Gasteiger partial charge in [0.2, 0.25) is 0 Å². The van der Waals surface area contributed by atoms with E-state index in [0.717, 1.165) is 18.2 Å². The van der Waals surface area contributed by atoms with Crippen molar-refractivity contribution < 1.29 is 28.9 Å². The zero-order valence-corrected chi connectivity index (χ0v) is 11.1. The molecule has 114 valence electrons. The number of halogens is 1. The van der Waals surface area contributed by atoms with E-state index >= 15 is 0 Å². The second kappa shape index (κ2) is 6.51. The second-order valence-electron chi connectivity index (χ2n) is 4.53. The number of benzene rings is 1. The minimum absolute atomic E-state index is 0.129. The topological polar surface area (TPSA) is 99.1 Å². The quantitative estimate of drug-likeness (QED) is 0.764. The van der Waals surface area contributed by atoms with Gasteiger partial charge < -0.3 is 25.2 Å². The van der Waals surface area contributed by atoms with E-state index in [-0.39, 0.29) is 31.0 Å². The van der Waals surface area contributed by atoms with Gasteiger partial charge in [-0.15, -0.1) is 0 Å². The number of ether oxygens (including phenoxy) is 1. The molecule has 21 heavy (non-hydrogen) atoms. The van der Waals surface area contributed by atoms with Crippen molar-refractivity contribution in [2.24, 2.45) is 0 Å². The van der Waals surface area contributed by atoms with Crippen molar-refractivity contribution in [3.63, 3.8) is 0 Å². The highest BCUT2D eigenvalue weighted by molar-refractivity contribution is 6.00. The highest BCUT2D eigenvalue weighted by atomic mass is 19.1. The number of nitrogens with one attached hydrogen (secondary N) is 1. The third kappa shape index (κ3) is 3.47. The number of aromatic carboxylic acids is 1. The molecule has 3 N–H and O–H groups in total. The highest BCUT2D eigenvalue weighted by Gasteiger charge is 2.27. The molecule has 1 unspecified atom stereocenters. The number of rotatable bonds is 3. The smallest absolute Gasteiger partial charge is 0.337 e. The fraction of sp³-hybridized carbons (Fsp3) is 0.385. The van der Waals surface area contributed by atoms with Crippen molar-refractivity contribution >= 4 is 17.7 Å². The van der Waals surface area contributed by atoms with Crippen LogP contribution in [0.5, 0.6) is 0 Å². The maximum atomic E-state index is 13.2. The van der Waals surface area contributed by atoms with Crippen LogP contribution in [0.3, 0.4) is 0 Å². The SMILES string of the molecule is O=C(O)c1ccc(F)cc1NC(=O)N1CCOCC1CO. The highest BCUT2D eigenvalue weighted by Crippen LogP contribution is 2.19. The largest absolute Gasteiger partial charge is 0.478 e. The molecule has 8 heteroatoms. The average Bonchev–Trinajstić information content (AvgIpc) is 2.46. The summed E-state index contributed by atoms with van der Waals surface area (Å²) in [6.45, 7) is 0.495. The third-order valence-corrected chi connectivity index (χ3v) is 3.15. The van der Waals surface area contributed by atoms with Crippen molar-refractivity contribution in [1.82, 2.24) is 4.90 Å². The monoisotopic (exact) mass is 298 g/mol. The number of carboxylic acid groups (broad SMARTS) is 1. The van der Waals surface area contributed by atoms with Crippen LogP contribution < -0.4 is 5.32 Å². The second-order valence-corrected chi connectivity index (χ2v) is 4.53. The Hall–Kier alpha value is -2.19. The normalized spacial score (nSPS) is 18.4. The van der Waals surface area contributed by atoms with E-state index in [1.807, 2.05) is 0 Å². The van der Waals surface area contributed by atoms with Gasteiger partial charge in [-0.05, 0) is 18.2 Å². The first-order chi connectivity index (χ1) is 10.0. The number of aliphatic hydroxyl groups is 1. The van der Waals surface area contributed by atoms with E-state index in [9.17, 15) is 19.1 Å². The number of carbonyl (C=O) groups excluding carboxylic acids is 1. The Labute approximate surface area is 119 Å². The number of morpholine rings is 1. The van der Waals surface area contributed by atoms with Gasteiger partial charge in [-0.25, -0.2) is 14.0 Å². The molecule has 1 heterocycles. The summed E-state index contributed by atoms with van der Waals surface area (Å²) in [4.78, 5) is 24.6. The molecule has 0 spiro atoms. The fourth-order valence-electron chi connectivity index (χ4n) is 2.07. The van der Waals surface area contributed by atoms with Gasteiger partial charge in [-0.1, -0.05) is 0 Å². The predicted molar refractivity (Wildman–Crippen MR) is 70.8 cm³/mol. The lowest BCUT2D eigenvalue weighted by molar-refractivity contribution is -0.00485. The Bertz CT molecular complexity index is 551. The molecule has 1 aliphatic heterocycles. The lowest BCUT2D eigenvalue weighted by atomic mass is 10.1. The van der Waals surface area contributed by atoms with Crippen molar-refractivity contribution in [2.75, 3.05) is 31.7 Å². The minimum atomic E-state index is -1.27. The number of nitrogens with zero attached hydrogens (tertiary/aromatic N) is 1. The summed E-state index contributed by atoms with van der Waals surface area (Å²) in [5.41, 5.74) is -0.339. The summed E-state index contributed by atoms with van der Waals surface area (Å²) < 4.78 is 18.4. The van der Waals surface area contributed by atoms with Gasteiger partial charge in [0.1, 0.15) is 5.82 Å². The lowest BCUT2D eigenvalue weighted by Gasteiger charge is -2.34. The standard InChI is InChI=1S/C13H15FN2O5/c14-8-1-2-10(12(18)19)11(5-8)15-13(20)16-3-4-21-7-9(16)6-17/h1-2,5,9,17H,3-4,6-7H2,(H,15,20)(H,18,19). The number of carboxylic acids is 1. The molecule has 1 atom stereocenters. The Kier molecular flexibility index (Phi) is 4.71. The number of aliphatic hydroxyl groups excluding tert-OH is 1. The molecule has 0 aromatic heterocycles. The third-order valence-electron chi connectivity index (χ3n) is 3.15. The molecule has 2 rings (SSSR count). The average molecular weight is 298 g/mol. The molecule has 0 radical (unpaired) electrons. The molecule has 1 fully saturated rings. The molecule has 7 nitrogen and oxygen atoms in total. The van der Waals surface area contributed by atoms with Gasteiger partial charge in [0.25, 0.3) is 0 Å². The molecular formula is C13H15FN2O5. The number of carbonyl (C=O) groups is 2. The zero-order chi connectivity index (χ0) is 15.4. The van der Waals surface area contributed by atoms with Gasteiger partial charge >= 0.3 is 12.0 Å². The molecular weight excluding hydrogens is 283 g/mol. The Balaban J connectivity index is 2.18. The molecule has 0 saturated carbocycles. The van der Waals surface area contributed by atoms with Crippen LogP contribution >= 0.6 is 0 Å². The lowest BCUT2D eigenvalue weighted by Crippen LogP contribution is -2.52. The number of anilines is 1. The van der Waals surface area contributed by atoms with Gasteiger partial charge in [-0.2, -0.15) is 0 Å². The van der Waals surface area contributed by atoms with E-state index in [1.165, 1.54) is 4.90 Å².